The normalized spacial score (nSPS) is 16.7. The summed E-state index contributed by atoms with van der Waals surface area (Å²) >= 11 is 1.74. The van der Waals surface area contributed by atoms with Crippen LogP contribution in [0.25, 0.3) is 0 Å². The molecule has 1 aliphatic rings. The minimum absolute atomic E-state index is 0.0442. The third-order valence-electron chi connectivity index (χ3n) is 4.64. The van der Waals surface area contributed by atoms with E-state index in [2.05, 4.69) is 36.1 Å². The predicted molar refractivity (Wildman–Crippen MR) is 105 cm³/mol. The van der Waals surface area contributed by atoms with Gasteiger partial charge in [-0.3, -0.25) is 14.4 Å². The molecule has 0 saturated carbocycles. The molecule has 3 heterocycles. The molecule has 0 atom stereocenters. The van der Waals surface area contributed by atoms with Crippen molar-refractivity contribution in [3.63, 3.8) is 0 Å². The molecule has 1 aliphatic heterocycles. The van der Waals surface area contributed by atoms with Gasteiger partial charge in [-0.05, 0) is 19.4 Å². The Labute approximate surface area is 159 Å². The lowest BCUT2D eigenvalue weighted by Gasteiger charge is -2.21. The van der Waals surface area contributed by atoms with Crippen LogP contribution < -0.4 is 0 Å². The van der Waals surface area contributed by atoms with E-state index in [1.54, 1.807) is 16.0 Å². The molecule has 2 aromatic heterocycles. The van der Waals surface area contributed by atoms with Crippen molar-refractivity contribution in [2.24, 2.45) is 0 Å². The van der Waals surface area contributed by atoms with E-state index in [1.807, 2.05) is 24.1 Å². The quantitative estimate of drug-likeness (QED) is 0.824. The van der Waals surface area contributed by atoms with Crippen LogP contribution in [0.5, 0.6) is 0 Å². The van der Waals surface area contributed by atoms with Gasteiger partial charge < -0.3 is 4.90 Å². The summed E-state index contributed by atoms with van der Waals surface area (Å²) in [4.78, 5) is 21.8. The zero-order valence-electron chi connectivity index (χ0n) is 16.2. The Balaban J connectivity index is 1.58. The summed E-state index contributed by atoms with van der Waals surface area (Å²) in [6.07, 6.45) is 2.85. The van der Waals surface area contributed by atoms with Gasteiger partial charge in [-0.2, -0.15) is 5.10 Å². The Bertz CT molecular complexity index is 745. The molecule has 0 aliphatic carbocycles. The van der Waals surface area contributed by atoms with E-state index in [1.165, 1.54) is 5.01 Å². The SMILES string of the molecule is CCn1ccc(C(=O)N2CCCN(Cc3csc(C(C)(C)C)n3)CC2)n1. The molecule has 26 heavy (non-hydrogen) atoms. The molecule has 1 fully saturated rings. The molecule has 142 valence electrons. The number of hydrogen-bond donors (Lipinski definition) is 0. The average molecular weight is 376 g/mol. The third kappa shape index (κ3) is 4.51. The van der Waals surface area contributed by atoms with Crippen LogP contribution in [0.4, 0.5) is 0 Å². The summed E-state index contributed by atoms with van der Waals surface area (Å²) in [6, 6.07) is 1.82. The largest absolute Gasteiger partial charge is 0.336 e. The first-order valence-electron chi connectivity index (χ1n) is 9.37. The number of rotatable bonds is 4. The predicted octanol–water partition coefficient (Wildman–Crippen LogP) is 3.01. The summed E-state index contributed by atoms with van der Waals surface area (Å²) in [5.74, 6) is 0.0442. The van der Waals surface area contributed by atoms with E-state index in [9.17, 15) is 4.79 Å². The number of thiazole rings is 1. The molecule has 0 radical (unpaired) electrons. The molecule has 2 aromatic rings. The van der Waals surface area contributed by atoms with Gasteiger partial charge in [0, 0.05) is 56.3 Å². The summed E-state index contributed by atoms with van der Waals surface area (Å²) < 4.78 is 1.80. The topological polar surface area (TPSA) is 54.3 Å². The van der Waals surface area contributed by atoms with E-state index in [0.29, 0.717) is 5.69 Å². The van der Waals surface area contributed by atoms with E-state index in [-0.39, 0.29) is 11.3 Å². The van der Waals surface area contributed by atoms with Crippen LogP contribution in [0.2, 0.25) is 0 Å². The smallest absolute Gasteiger partial charge is 0.274 e. The molecule has 1 saturated heterocycles. The number of carbonyl (C=O) groups excluding carboxylic acids is 1. The molecule has 0 unspecified atom stereocenters. The molecule has 1 amide bonds. The Kier molecular flexibility index (Phi) is 5.77. The van der Waals surface area contributed by atoms with Gasteiger partial charge in [0.1, 0.15) is 5.69 Å². The molecule has 0 spiro atoms. The highest BCUT2D eigenvalue weighted by atomic mass is 32.1. The van der Waals surface area contributed by atoms with Gasteiger partial charge >= 0.3 is 0 Å². The first kappa shape index (κ1) is 19.0. The van der Waals surface area contributed by atoms with Gasteiger partial charge in [-0.25, -0.2) is 4.98 Å². The maximum absolute atomic E-state index is 12.7. The monoisotopic (exact) mass is 375 g/mol. The second-order valence-electron chi connectivity index (χ2n) is 7.87. The minimum Gasteiger partial charge on any atom is -0.336 e. The molecule has 0 bridgehead atoms. The molecule has 0 aromatic carbocycles. The Hall–Kier alpha value is -1.73. The molecular formula is C19H29N5OS. The second-order valence-corrected chi connectivity index (χ2v) is 8.73. The number of nitrogens with zero attached hydrogens (tertiary/aromatic N) is 5. The molecule has 6 nitrogen and oxygen atoms in total. The highest BCUT2D eigenvalue weighted by Gasteiger charge is 2.23. The van der Waals surface area contributed by atoms with E-state index in [0.717, 1.165) is 51.4 Å². The maximum Gasteiger partial charge on any atom is 0.274 e. The van der Waals surface area contributed by atoms with Crippen LogP contribution in [0.15, 0.2) is 17.6 Å². The van der Waals surface area contributed by atoms with Gasteiger partial charge in [-0.1, -0.05) is 20.8 Å². The summed E-state index contributed by atoms with van der Waals surface area (Å²) in [5.41, 5.74) is 1.79. The average Bonchev–Trinajstić information content (AvgIpc) is 3.20. The van der Waals surface area contributed by atoms with Gasteiger partial charge in [0.05, 0.1) is 10.7 Å². The van der Waals surface area contributed by atoms with Gasteiger partial charge in [0.25, 0.3) is 5.91 Å². The Morgan fingerprint density at radius 1 is 1.23 bits per heavy atom. The number of aryl methyl sites for hydroxylation is 1. The third-order valence-corrected chi connectivity index (χ3v) is 5.96. The molecule has 7 heteroatoms. The summed E-state index contributed by atoms with van der Waals surface area (Å²) in [5, 5.41) is 7.71. The van der Waals surface area contributed by atoms with Crippen LogP contribution in [0.1, 0.15) is 55.3 Å². The number of aromatic nitrogens is 3. The lowest BCUT2D eigenvalue weighted by molar-refractivity contribution is 0.0754. The van der Waals surface area contributed by atoms with Gasteiger partial charge in [-0.15, -0.1) is 11.3 Å². The van der Waals surface area contributed by atoms with Crippen LogP contribution in [-0.4, -0.2) is 56.7 Å². The highest BCUT2D eigenvalue weighted by Crippen LogP contribution is 2.26. The van der Waals surface area contributed by atoms with Crippen molar-refractivity contribution < 1.29 is 4.79 Å². The van der Waals surface area contributed by atoms with E-state index < -0.39 is 0 Å². The summed E-state index contributed by atoms with van der Waals surface area (Å²) in [7, 11) is 0. The van der Waals surface area contributed by atoms with E-state index >= 15 is 0 Å². The lowest BCUT2D eigenvalue weighted by Crippen LogP contribution is -2.35. The van der Waals surface area contributed by atoms with Crippen molar-refractivity contribution in [1.82, 2.24) is 24.6 Å². The van der Waals surface area contributed by atoms with Crippen molar-refractivity contribution in [3.05, 3.63) is 34.0 Å². The minimum atomic E-state index is 0.0442. The first-order chi connectivity index (χ1) is 12.4. The van der Waals surface area contributed by atoms with Crippen molar-refractivity contribution in [2.75, 3.05) is 26.2 Å². The lowest BCUT2D eigenvalue weighted by atomic mass is 9.98. The fourth-order valence-corrected chi connectivity index (χ4v) is 4.00. The number of amides is 1. The van der Waals surface area contributed by atoms with Gasteiger partial charge in [0.15, 0.2) is 0 Å². The number of carbonyl (C=O) groups is 1. The molecular weight excluding hydrogens is 346 g/mol. The molecule has 3 rings (SSSR count). The Morgan fingerprint density at radius 2 is 2.04 bits per heavy atom. The maximum atomic E-state index is 12.7. The van der Waals surface area contributed by atoms with E-state index in [4.69, 9.17) is 4.98 Å². The highest BCUT2D eigenvalue weighted by molar-refractivity contribution is 7.09. The standard InChI is InChI=1S/C19H29N5OS/c1-5-24-10-7-16(21-24)17(25)23-9-6-8-22(11-12-23)13-15-14-26-18(20-15)19(2,3)4/h7,10,14H,5-6,8-9,11-13H2,1-4H3. The van der Waals surface area contributed by atoms with Crippen molar-refractivity contribution in [2.45, 2.75) is 52.6 Å². The zero-order chi connectivity index (χ0) is 18.7. The zero-order valence-corrected chi connectivity index (χ0v) is 17.1. The fourth-order valence-electron chi connectivity index (χ4n) is 3.10. The Morgan fingerprint density at radius 3 is 2.69 bits per heavy atom. The van der Waals surface area contributed by atoms with Crippen LogP contribution in [0.3, 0.4) is 0 Å². The fraction of sp³-hybridized carbons (Fsp3) is 0.632. The van der Waals surface area contributed by atoms with Crippen molar-refractivity contribution in [3.8, 4) is 0 Å². The first-order valence-corrected chi connectivity index (χ1v) is 10.2. The van der Waals surface area contributed by atoms with Gasteiger partial charge in [0.2, 0.25) is 0 Å². The van der Waals surface area contributed by atoms with Crippen LogP contribution >= 0.6 is 11.3 Å². The summed E-state index contributed by atoms with van der Waals surface area (Å²) in [6.45, 7) is 13.7. The molecule has 0 N–H and O–H groups in total. The number of hydrogen-bond acceptors (Lipinski definition) is 5. The second kappa shape index (κ2) is 7.88. The van der Waals surface area contributed by atoms with Crippen LogP contribution in [-0.2, 0) is 18.5 Å². The van der Waals surface area contributed by atoms with Crippen molar-refractivity contribution >= 4 is 17.2 Å². The van der Waals surface area contributed by atoms with Crippen LogP contribution in [0, 0.1) is 0 Å². The van der Waals surface area contributed by atoms with Crippen molar-refractivity contribution in [1.29, 1.82) is 0 Å².